The number of halogens is 1. The number of aryl methyl sites for hydroxylation is 2. The Hall–Kier alpha value is -1.96. The number of carboxylic acids is 2. The van der Waals surface area contributed by atoms with Gasteiger partial charge in [-0.25, -0.2) is 9.36 Å². The van der Waals surface area contributed by atoms with Gasteiger partial charge in [0.15, 0.2) is 18.9 Å². The van der Waals surface area contributed by atoms with Crippen molar-refractivity contribution < 1.29 is 46.1 Å². The highest BCUT2D eigenvalue weighted by Gasteiger charge is 2.21. The standard InChI is InChI=1S/C14H18N2O5.BrH/c1-10-4-7-16(8-5-10)9-6-12(17)15-11(14(20)21)2-3-13(18)19;/h4-5,7-8,11H,2-3,6,9H2,1H3,(H2-,15,17,18,19,20,21);1H. The zero-order chi connectivity index (χ0) is 15.8. The fraction of sp³-hybridized carbons (Fsp3) is 0.429. The van der Waals surface area contributed by atoms with Crippen LogP contribution in [0.4, 0.5) is 0 Å². The van der Waals surface area contributed by atoms with Crippen LogP contribution in [0.2, 0.25) is 0 Å². The van der Waals surface area contributed by atoms with Crippen LogP contribution in [-0.2, 0) is 20.9 Å². The van der Waals surface area contributed by atoms with Gasteiger partial charge in [-0.3, -0.25) is 9.59 Å². The van der Waals surface area contributed by atoms with Crippen molar-refractivity contribution in [1.82, 2.24) is 5.32 Å². The molecule has 0 saturated carbocycles. The summed E-state index contributed by atoms with van der Waals surface area (Å²) in [5.41, 5.74) is 1.11. The number of aromatic nitrogens is 1. The summed E-state index contributed by atoms with van der Waals surface area (Å²) in [6, 6.07) is 2.65. The SMILES string of the molecule is Cc1cc[n+](CCC(=O)NC(CCC(=O)O)C(=O)O)cc1.[Br-]. The Bertz CT molecular complexity index is 518. The normalized spacial score (nSPS) is 11.1. The number of carbonyl (C=O) groups is 3. The zero-order valence-corrected chi connectivity index (χ0v) is 13.7. The van der Waals surface area contributed by atoms with Crippen molar-refractivity contribution in [2.45, 2.75) is 38.8 Å². The van der Waals surface area contributed by atoms with Gasteiger partial charge in [-0.2, -0.15) is 0 Å². The van der Waals surface area contributed by atoms with Crippen LogP contribution in [0.5, 0.6) is 0 Å². The summed E-state index contributed by atoms with van der Waals surface area (Å²) in [5, 5.41) is 19.8. The van der Waals surface area contributed by atoms with E-state index in [0.29, 0.717) is 6.54 Å². The number of carboxylic acid groups (broad SMARTS) is 2. The lowest BCUT2D eigenvalue weighted by molar-refractivity contribution is -0.695. The number of aliphatic carboxylic acids is 2. The Morgan fingerprint density at radius 2 is 1.77 bits per heavy atom. The van der Waals surface area contributed by atoms with Crippen LogP contribution in [0.15, 0.2) is 24.5 Å². The van der Waals surface area contributed by atoms with Gasteiger partial charge in [0.05, 0.1) is 6.42 Å². The molecule has 8 heteroatoms. The van der Waals surface area contributed by atoms with Gasteiger partial charge in [-0.15, -0.1) is 0 Å². The molecule has 0 aliphatic heterocycles. The Labute approximate surface area is 138 Å². The molecule has 3 N–H and O–H groups in total. The van der Waals surface area contributed by atoms with Crippen LogP contribution in [-0.4, -0.2) is 34.1 Å². The van der Waals surface area contributed by atoms with Crippen molar-refractivity contribution in [2.75, 3.05) is 0 Å². The van der Waals surface area contributed by atoms with E-state index >= 15 is 0 Å². The molecular weight excluding hydrogens is 356 g/mol. The second-order valence-corrected chi connectivity index (χ2v) is 4.75. The highest BCUT2D eigenvalue weighted by molar-refractivity contribution is 5.83. The summed E-state index contributed by atoms with van der Waals surface area (Å²) < 4.78 is 1.82. The van der Waals surface area contributed by atoms with Gasteiger partial charge in [0.2, 0.25) is 5.91 Å². The molecule has 22 heavy (non-hydrogen) atoms. The van der Waals surface area contributed by atoms with Gasteiger partial charge < -0.3 is 32.5 Å². The molecule has 122 valence electrons. The van der Waals surface area contributed by atoms with Gasteiger partial charge in [0, 0.05) is 18.6 Å². The minimum atomic E-state index is -1.23. The number of nitrogens with zero attached hydrogens (tertiary/aromatic N) is 1. The van der Waals surface area contributed by atoms with Gasteiger partial charge in [-0.05, 0) is 18.9 Å². The molecule has 0 bridgehead atoms. The number of amides is 1. The summed E-state index contributed by atoms with van der Waals surface area (Å²) in [7, 11) is 0. The van der Waals surface area contributed by atoms with Crippen molar-refractivity contribution in [3.05, 3.63) is 30.1 Å². The van der Waals surface area contributed by atoms with Crippen molar-refractivity contribution in [3.8, 4) is 0 Å². The van der Waals surface area contributed by atoms with Crippen LogP contribution < -0.4 is 26.9 Å². The van der Waals surface area contributed by atoms with Gasteiger partial charge >= 0.3 is 11.9 Å². The fourth-order valence-electron chi connectivity index (χ4n) is 1.70. The van der Waals surface area contributed by atoms with E-state index < -0.39 is 23.9 Å². The molecule has 0 aliphatic rings. The quantitative estimate of drug-likeness (QED) is 0.423. The third kappa shape index (κ3) is 7.72. The van der Waals surface area contributed by atoms with Crippen LogP contribution in [0.3, 0.4) is 0 Å². The summed E-state index contributed by atoms with van der Waals surface area (Å²) in [6.45, 7) is 2.38. The number of carbonyl (C=O) groups excluding carboxylic acids is 1. The van der Waals surface area contributed by atoms with Gasteiger partial charge in [-0.1, -0.05) is 0 Å². The van der Waals surface area contributed by atoms with Crippen molar-refractivity contribution in [2.24, 2.45) is 0 Å². The molecule has 1 heterocycles. The molecule has 1 atom stereocenters. The first-order chi connectivity index (χ1) is 9.88. The maximum Gasteiger partial charge on any atom is 0.326 e. The first-order valence-corrected chi connectivity index (χ1v) is 6.58. The molecule has 0 radical (unpaired) electrons. The lowest BCUT2D eigenvalue weighted by atomic mass is 10.1. The van der Waals surface area contributed by atoms with E-state index in [-0.39, 0.29) is 36.2 Å². The van der Waals surface area contributed by atoms with E-state index in [9.17, 15) is 14.4 Å². The summed E-state index contributed by atoms with van der Waals surface area (Å²) in [5.74, 6) is -2.74. The second kappa shape index (κ2) is 9.88. The number of rotatable bonds is 8. The van der Waals surface area contributed by atoms with E-state index in [0.717, 1.165) is 5.56 Å². The second-order valence-electron chi connectivity index (χ2n) is 4.75. The summed E-state index contributed by atoms with van der Waals surface area (Å²) in [4.78, 5) is 33.1. The number of pyridine rings is 1. The van der Waals surface area contributed by atoms with Crippen LogP contribution in [0.25, 0.3) is 0 Å². The molecule has 1 rings (SSSR count). The molecule has 0 aliphatic carbocycles. The van der Waals surface area contributed by atoms with Gasteiger partial charge in [0.25, 0.3) is 0 Å². The lowest BCUT2D eigenvalue weighted by Gasteiger charge is -2.12. The third-order valence-corrected chi connectivity index (χ3v) is 2.94. The van der Waals surface area contributed by atoms with E-state index in [1.54, 1.807) is 0 Å². The Kier molecular flexibility index (Phi) is 9.00. The van der Waals surface area contributed by atoms with E-state index in [2.05, 4.69) is 5.32 Å². The maximum atomic E-state index is 11.7. The molecule has 0 saturated heterocycles. The predicted octanol–water partition coefficient (Wildman–Crippen LogP) is -2.89. The fourth-order valence-corrected chi connectivity index (χ4v) is 1.70. The molecule has 7 nitrogen and oxygen atoms in total. The van der Waals surface area contributed by atoms with Gasteiger partial charge in [0.1, 0.15) is 6.04 Å². The molecular formula is C14H19BrN2O5. The van der Waals surface area contributed by atoms with E-state index in [1.165, 1.54) is 0 Å². The molecule has 0 fully saturated rings. The Morgan fingerprint density at radius 3 is 2.27 bits per heavy atom. The molecule has 1 aromatic heterocycles. The van der Waals surface area contributed by atoms with E-state index in [4.69, 9.17) is 10.2 Å². The number of hydrogen-bond acceptors (Lipinski definition) is 3. The number of nitrogens with one attached hydrogen (secondary N) is 1. The van der Waals surface area contributed by atoms with Crippen LogP contribution >= 0.6 is 0 Å². The van der Waals surface area contributed by atoms with E-state index in [1.807, 2.05) is 36.0 Å². The minimum absolute atomic E-state index is 0. The third-order valence-electron chi connectivity index (χ3n) is 2.94. The highest BCUT2D eigenvalue weighted by Crippen LogP contribution is 1.99. The molecule has 0 spiro atoms. The summed E-state index contributed by atoms with van der Waals surface area (Å²) in [6.07, 6.45) is 3.37. The van der Waals surface area contributed by atoms with Crippen molar-refractivity contribution in [1.29, 1.82) is 0 Å². The average molecular weight is 375 g/mol. The van der Waals surface area contributed by atoms with Crippen LogP contribution in [0.1, 0.15) is 24.8 Å². The molecule has 1 amide bonds. The monoisotopic (exact) mass is 374 g/mol. The Balaban J connectivity index is 0.00000441. The maximum absolute atomic E-state index is 11.7. The predicted molar refractivity (Wildman–Crippen MR) is 72.4 cm³/mol. The van der Waals surface area contributed by atoms with Crippen LogP contribution in [0, 0.1) is 6.92 Å². The Morgan fingerprint density at radius 1 is 1.18 bits per heavy atom. The summed E-state index contributed by atoms with van der Waals surface area (Å²) >= 11 is 0. The zero-order valence-electron chi connectivity index (χ0n) is 12.2. The first-order valence-electron chi connectivity index (χ1n) is 6.58. The molecule has 1 aromatic rings. The lowest BCUT2D eigenvalue weighted by Crippen LogP contribution is -3.00. The average Bonchev–Trinajstić information content (AvgIpc) is 2.42. The highest BCUT2D eigenvalue weighted by atomic mass is 79.9. The van der Waals surface area contributed by atoms with Crippen molar-refractivity contribution >= 4 is 17.8 Å². The largest absolute Gasteiger partial charge is 1.00 e. The molecule has 1 unspecified atom stereocenters. The smallest absolute Gasteiger partial charge is 0.326 e. The first kappa shape index (κ1) is 20.0. The molecule has 0 aromatic carbocycles. The minimum Gasteiger partial charge on any atom is -1.00 e. The topological polar surface area (TPSA) is 108 Å². The number of hydrogen-bond donors (Lipinski definition) is 3. The van der Waals surface area contributed by atoms with Crippen molar-refractivity contribution in [3.63, 3.8) is 0 Å².